The van der Waals surface area contributed by atoms with Crippen LogP contribution < -0.4 is 5.32 Å². The Labute approximate surface area is 151 Å². The van der Waals surface area contributed by atoms with Crippen molar-refractivity contribution in [3.05, 3.63) is 52.8 Å². The average Bonchev–Trinajstić information content (AvgIpc) is 2.92. The third-order valence-electron chi connectivity index (χ3n) is 4.83. The summed E-state index contributed by atoms with van der Waals surface area (Å²) in [6.45, 7) is 12.5. The van der Waals surface area contributed by atoms with E-state index in [0.29, 0.717) is 11.6 Å². The van der Waals surface area contributed by atoms with Crippen molar-refractivity contribution in [1.29, 1.82) is 0 Å². The maximum absolute atomic E-state index is 12.5. The van der Waals surface area contributed by atoms with Crippen LogP contribution in [0.15, 0.2) is 30.5 Å². The van der Waals surface area contributed by atoms with E-state index in [1.807, 2.05) is 56.0 Å². The van der Waals surface area contributed by atoms with Crippen molar-refractivity contribution in [2.75, 3.05) is 6.54 Å². The molecule has 0 aliphatic rings. The SMILES string of the molecule is CCN(Cc1ccc(C(=O)N[C@@H](C)c2cnn(C)c2C)cc1)C(C)C. The van der Waals surface area contributed by atoms with Gasteiger partial charge in [-0.15, -0.1) is 0 Å². The summed E-state index contributed by atoms with van der Waals surface area (Å²) in [4.78, 5) is 14.9. The lowest BCUT2D eigenvalue weighted by molar-refractivity contribution is 0.0939. The topological polar surface area (TPSA) is 50.2 Å². The maximum Gasteiger partial charge on any atom is 0.251 e. The lowest BCUT2D eigenvalue weighted by Gasteiger charge is -2.24. The van der Waals surface area contributed by atoms with E-state index in [1.54, 1.807) is 0 Å². The van der Waals surface area contributed by atoms with E-state index in [1.165, 1.54) is 5.56 Å². The Balaban J connectivity index is 2.01. The van der Waals surface area contributed by atoms with Gasteiger partial charge in [0.15, 0.2) is 0 Å². The predicted octanol–water partition coefficient (Wildman–Crippen LogP) is 3.45. The van der Waals surface area contributed by atoms with Crippen molar-refractivity contribution in [3.63, 3.8) is 0 Å². The summed E-state index contributed by atoms with van der Waals surface area (Å²) < 4.78 is 1.82. The monoisotopic (exact) mass is 342 g/mol. The molecule has 0 saturated carbocycles. The van der Waals surface area contributed by atoms with E-state index >= 15 is 0 Å². The van der Waals surface area contributed by atoms with E-state index in [4.69, 9.17) is 0 Å². The molecule has 25 heavy (non-hydrogen) atoms. The molecule has 0 spiro atoms. The molecule has 1 N–H and O–H groups in total. The van der Waals surface area contributed by atoms with E-state index in [-0.39, 0.29) is 11.9 Å². The zero-order valence-corrected chi connectivity index (χ0v) is 16.2. The molecule has 0 aliphatic carbocycles. The Morgan fingerprint density at radius 3 is 2.36 bits per heavy atom. The van der Waals surface area contributed by atoms with Crippen LogP contribution in [0.3, 0.4) is 0 Å². The first-order valence-electron chi connectivity index (χ1n) is 8.95. The molecule has 2 rings (SSSR count). The number of carbonyl (C=O) groups is 1. The standard InChI is InChI=1S/C20H30N4O/c1-7-24(14(2)3)13-17-8-10-18(11-9-17)20(25)22-15(4)19-12-21-23(6)16(19)5/h8-12,14-15H,7,13H2,1-6H3,(H,22,25)/t15-/m0/s1. The van der Waals surface area contributed by atoms with Gasteiger partial charge < -0.3 is 5.32 Å². The smallest absolute Gasteiger partial charge is 0.251 e. The summed E-state index contributed by atoms with van der Waals surface area (Å²) in [6.07, 6.45) is 1.81. The van der Waals surface area contributed by atoms with Crippen molar-refractivity contribution < 1.29 is 4.79 Å². The fourth-order valence-corrected chi connectivity index (χ4v) is 2.95. The van der Waals surface area contributed by atoms with Gasteiger partial charge in [-0.25, -0.2) is 0 Å². The van der Waals surface area contributed by atoms with Crippen LogP contribution in [0.4, 0.5) is 0 Å². The van der Waals surface area contributed by atoms with Gasteiger partial charge in [0.2, 0.25) is 0 Å². The highest BCUT2D eigenvalue weighted by molar-refractivity contribution is 5.94. The number of nitrogens with zero attached hydrogens (tertiary/aromatic N) is 3. The minimum atomic E-state index is -0.0719. The summed E-state index contributed by atoms with van der Waals surface area (Å²) in [5.41, 5.74) is 4.02. The maximum atomic E-state index is 12.5. The van der Waals surface area contributed by atoms with Crippen molar-refractivity contribution in [1.82, 2.24) is 20.0 Å². The minimum absolute atomic E-state index is 0.0569. The van der Waals surface area contributed by atoms with Crippen LogP contribution in [0.2, 0.25) is 0 Å². The van der Waals surface area contributed by atoms with Crippen molar-refractivity contribution in [2.24, 2.45) is 7.05 Å². The third kappa shape index (κ3) is 4.69. The second-order valence-electron chi connectivity index (χ2n) is 6.86. The first kappa shape index (κ1) is 19.2. The average molecular weight is 342 g/mol. The largest absolute Gasteiger partial charge is 0.345 e. The highest BCUT2D eigenvalue weighted by atomic mass is 16.1. The fraction of sp³-hybridized carbons (Fsp3) is 0.500. The first-order chi connectivity index (χ1) is 11.8. The summed E-state index contributed by atoms with van der Waals surface area (Å²) in [5, 5.41) is 7.29. The van der Waals surface area contributed by atoms with E-state index < -0.39 is 0 Å². The number of hydrogen-bond acceptors (Lipinski definition) is 3. The van der Waals surface area contributed by atoms with Crippen LogP contribution in [0.1, 0.15) is 60.9 Å². The van der Waals surface area contributed by atoms with Crippen molar-refractivity contribution in [3.8, 4) is 0 Å². The predicted molar refractivity (Wildman–Crippen MR) is 101 cm³/mol. The molecule has 0 saturated heterocycles. The lowest BCUT2D eigenvalue weighted by atomic mass is 10.1. The highest BCUT2D eigenvalue weighted by Crippen LogP contribution is 2.17. The van der Waals surface area contributed by atoms with E-state index in [9.17, 15) is 4.79 Å². The van der Waals surface area contributed by atoms with Crippen LogP contribution in [0, 0.1) is 6.92 Å². The Kier molecular flexibility index (Phi) is 6.37. The molecule has 1 aromatic heterocycles. The van der Waals surface area contributed by atoms with Gasteiger partial charge in [0.1, 0.15) is 0 Å². The molecule has 0 radical (unpaired) electrons. The Morgan fingerprint density at radius 1 is 1.24 bits per heavy atom. The Morgan fingerprint density at radius 2 is 1.88 bits per heavy atom. The normalized spacial score (nSPS) is 12.6. The van der Waals surface area contributed by atoms with Crippen LogP contribution >= 0.6 is 0 Å². The zero-order chi connectivity index (χ0) is 18.6. The van der Waals surface area contributed by atoms with Gasteiger partial charge in [-0.3, -0.25) is 14.4 Å². The number of hydrogen-bond donors (Lipinski definition) is 1. The molecular formula is C20H30N4O. The van der Waals surface area contributed by atoms with Gasteiger partial charge in [0.25, 0.3) is 5.91 Å². The molecule has 0 fully saturated rings. The molecule has 1 amide bonds. The van der Waals surface area contributed by atoms with Gasteiger partial charge >= 0.3 is 0 Å². The van der Waals surface area contributed by atoms with Gasteiger partial charge in [0, 0.05) is 36.5 Å². The zero-order valence-electron chi connectivity index (χ0n) is 16.2. The summed E-state index contributed by atoms with van der Waals surface area (Å²) in [7, 11) is 1.91. The van der Waals surface area contributed by atoms with E-state index in [2.05, 4.69) is 36.1 Å². The highest BCUT2D eigenvalue weighted by Gasteiger charge is 2.16. The van der Waals surface area contributed by atoms with Crippen molar-refractivity contribution in [2.45, 2.75) is 53.2 Å². The number of carbonyl (C=O) groups excluding carboxylic acids is 1. The minimum Gasteiger partial charge on any atom is -0.345 e. The summed E-state index contributed by atoms with van der Waals surface area (Å²) >= 11 is 0. The molecule has 5 heteroatoms. The van der Waals surface area contributed by atoms with Crippen LogP contribution in [-0.4, -0.2) is 33.2 Å². The van der Waals surface area contributed by atoms with Crippen LogP contribution in [-0.2, 0) is 13.6 Å². The Hall–Kier alpha value is -2.14. The first-order valence-corrected chi connectivity index (χ1v) is 8.95. The van der Waals surface area contributed by atoms with Gasteiger partial charge in [-0.1, -0.05) is 19.1 Å². The molecule has 0 aliphatic heterocycles. The third-order valence-corrected chi connectivity index (χ3v) is 4.83. The number of amides is 1. The number of aryl methyl sites for hydroxylation is 1. The van der Waals surface area contributed by atoms with E-state index in [0.717, 1.165) is 24.3 Å². The molecule has 0 unspecified atom stereocenters. The second-order valence-corrected chi connectivity index (χ2v) is 6.86. The molecule has 0 bridgehead atoms. The van der Waals surface area contributed by atoms with Gasteiger partial charge in [0.05, 0.1) is 12.2 Å². The molecule has 2 aromatic rings. The molecular weight excluding hydrogens is 312 g/mol. The van der Waals surface area contributed by atoms with Gasteiger partial charge in [-0.2, -0.15) is 5.10 Å². The lowest BCUT2D eigenvalue weighted by Crippen LogP contribution is -2.30. The van der Waals surface area contributed by atoms with Crippen LogP contribution in [0.25, 0.3) is 0 Å². The molecule has 1 heterocycles. The number of rotatable bonds is 7. The molecule has 1 aromatic carbocycles. The van der Waals surface area contributed by atoms with Gasteiger partial charge in [-0.05, 0) is 51.9 Å². The molecule has 136 valence electrons. The second kappa shape index (κ2) is 8.30. The molecule has 1 atom stereocenters. The number of benzene rings is 1. The fourth-order valence-electron chi connectivity index (χ4n) is 2.95. The van der Waals surface area contributed by atoms with Crippen molar-refractivity contribution >= 4 is 5.91 Å². The number of nitrogens with one attached hydrogen (secondary N) is 1. The molecule has 5 nitrogen and oxygen atoms in total. The quantitative estimate of drug-likeness (QED) is 0.838. The summed E-state index contributed by atoms with van der Waals surface area (Å²) in [5.74, 6) is -0.0569. The summed E-state index contributed by atoms with van der Waals surface area (Å²) in [6, 6.07) is 8.33. The number of aromatic nitrogens is 2. The Bertz CT molecular complexity index is 703. The van der Waals surface area contributed by atoms with Crippen LogP contribution in [0.5, 0.6) is 0 Å².